The lowest BCUT2D eigenvalue weighted by Crippen LogP contribution is -2.40. The average molecular weight is 420 g/mol. The number of rotatable bonds is 4. The summed E-state index contributed by atoms with van der Waals surface area (Å²) in [6.07, 6.45) is 8.23. The molecule has 2 rings (SSSR count). The number of halogens is 1. The number of aromatic nitrogens is 1. The van der Waals surface area contributed by atoms with Gasteiger partial charge in [-0.25, -0.2) is 4.98 Å². The van der Waals surface area contributed by atoms with Crippen LogP contribution in [0.3, 0.4) is 0 Å². The minimum atomic E-state index is 0. The van der Waals surface area contributed by atoms with Crippen molar-refractivity contribution in [2.75, 3.05) is 20.6 Å². The van der Waals surface area contributed by atoms with E-state index in [9.17, 15) is 0 Å². The third-order valence-corrected chi connectivity index (χ3v) is 4.39. The van der Waals surface area contributed by atoms with Crippen molar-refractivity contribution in [3.63, 3.8) is 0 Å². The van der Waals surface area contributed by atoms with Gasteiger partial charge in [0.2, 0.25) is 0 Å². The highest BCUT2D eigenvalue weighted by Gasteiger charge is 2.13. The van der Waals surface area contributed by atoms with Crippen LogP contribution in [-0.4, -0.2) is 36.5 Å². The fourth-order valence-corrected chi connectivity index (χ4v) is 3.06. The smallest absolute Gasteiger partial charge is 0.193 e. The fraction of sp³-hybridized carbons (Fsp3) is 0.600. The molecule has 1 aromatic rings. The predicted octanol–water partition coefficient (Wildman–Crippen LogP) is 3.43. The molecule has 1 aliphatic rings. The number of guanidine groups is 1. The Morgan fingerprint density at radius 2 is 2.33 bits per heavy atom. The van der Waals surface area contributed by atoms with Gasteiger partial charge in [0.05, 0.1) is 17.2 Å². The number of aryl methyl sites for hydroxylation is 1. The Morgan fingerprint density at radius 1 is 1.52 bits per heavy atom. The number of thiazole rings is 1. The molecular weight excluding hydrogens is 395 g/mol. The van der Waals surface area contributed by atoms with Gasteiger partial charge in [-0.2, -0.15) is 0 Å². The molecule has 0 bridgehead atoms. The van der Waals surface area contributed by atoms with Gasteiger partial charge in [-0.15, -0.1) is 35.3 Å². The maximum absolute atomic E-state index is 4.50. The highest BCUT2D eigenvalue weighted by molar-refractivity contribution is 14.0. The molecule has 0 saturated heterocycles. The topological polar surface area (TPSA) is 40.5 Å². The second-order valence-electron chi connectivity index (χ2n) is 5.29. The first kappa shape index (κ1) is 18.4. The van der Waals surface area contributed by atoms with E-state index in [1.54, 1.807) is 11.3 Å². The number of hydrogen-bond acceptors (Lipinski definition) is 3. The van der Waals surface area contributed by atoms with E-state index in [1.807, 2.05) is 14.0 Å². The van der Waals surface area contributed by atoms with Gasteiger partial charge in [-0.3, -0.25) is 4.99 Å². The number of allylic oxidation sites excluding steroid dienone is 2. The molecule has 0 amide bonds. The van der Waals surface area contributed by atoms with Gasteiger partial charge in [0, 0.05) is 26.0 Å². The van der Waals surface area contributed by atoms with E-state index in [4.69, 9.17) is 0 Å². The van der Waals surface area contributed by atoms with Crippen molar-refractivity contribution < 1.29 is 0 Å². The number of nitrogens with zero attached hydrogens (tertiary/aromatic N) is 3. The van der Waals surface area contributed by atoms with Crippen LogP contribution in [0, 0.1) is 12.8 Å². The predicted molar refractivity (Wildman–Crippen MR) is 102 cm³/mol. The Bertz CT molecular complexity index is 484. The van der Waals surface area contributed by atoms with Crippen molar-refractivity contribution >= 4 is 41.3 Å². The van der Waals surface area contributed by atoms with Crippen LogP contribution in [0.2, 0.25) is 0 Å². The largest absolute Gasteiger partial charge is 0.356 e. The SMILES string of the molecule is CN=C(NCC1CC=CCC1)N(C)Cc1csc(C)n1.I. The van der Waals surface area contributed by atoms with Crippen molar-refractivity contribution in [2.45, 2.75) is 32.7 Å². The molecule has 0 saturated carbocycles. The lowest BCUT2D eigenvalue weighted by molar-refractivity contribution is 0.433. The minimum absolute atomic E-state index is 0. The Morgan fingerprint density at radius 3 is 2.90 bits per heavy atom. The van der Waals surface area contributed by atoms with Gasteiger partial charge < -0.3 is 10.2 Å². The van der Waals surface area contributed by atoms with Crippen molar-refractivity contribution in [2.24, 2.45) is 10.9 Å². The minimum Gasteiger partial charge on any atom is -0.356 e. The first-order chi connectivity index (χ1) is 9.69. The van der Waals surface area contributed by atoms with Gasteiger partial charge in [0.15, 0.2) is 5.96 Å². The first-order valence-electron chi connectivity index (χ1n) is 7.17. The van der Waals surface area contributed by atoms with Crippen LogP contribution in [0.4, 0.5) is 0 Å². The van der Waals surface area contributed by atoms with Crippen LogP contribution in [0.25, 0.3) is 0 Å². The highest BCUT2D eigenvalue weighted by atomic mass is 127. The molecule has 0 spiro atoms. The molecule has 1 heterocycles. The van der Waals surface area contributed by atoms with Crippen molar-refractivity contribution in [3.05, 3.63) is 28.2 Å². The van der Waals surface area contributed by atoms with E-state index in [1.165, 1.54) is 19.3 Å². The summed E-state index contributed by atoms with van der Waals surface area (Å²) in [6, 6.07) is 0. The van der Waals surface area contributed by atoms with E-state index in [0.29, 0.717) is 0 Å². The Balaban J connectivity index is 0.00000220. The van der Waals surface area contributed by atoms with Crippen LogP contribution in [0.1, 0.15) is 30.0 Å². The fourth-order valence-electron chi connectivity index (χ4n) is 2.46. The second kappa shape index (κ2) is 9.40. The number of aliphatic imine (C=N–C) groups is 1. The van der Waals surface area contributed by atoms with E-state index < -0.39 is 0 Å². The normalized spacial score (nSPS) is 18.2. The lowest BCUT2D eigenvalue weighted by atomic mass is 9.94. The van der Waals surface area contributed by atoms with Crippen molar-refractivity contribution in [1.29, 1.82) is 0 Å². The zero-order valence-corrected chi connectivity index (χ0v) is 16.1. The molecule has 1 N–H and O–H groups in total. The first-order valence-corrected chi connectivity index (χ1v) is 8.04. The molecular formula is C15H25IN4S. The van der Waals surface area contributed by atoms with Crippen molar-refractivity contribution in [1.82, 2.24) is 15.2 Å². The zero-order chi connectivity index (χ0) is 14.4. The third-order valence-electron chi connectivity index (χ3n) is 3.57. The Hall–Kier alpha value is -0.630. The zero-order valence-electron chi connectivity index (χ0n) is 13.0. The van der Waals surface area contributed by atoms with E-state index in [2.05, 4.69) is 44.8 Å². The van der Waals surface area contributed by atoms with Crippen LogP contribution in [0.5, 0.6) is 0 Å². The molecule has 6 heteroatoms. The van der Waals surface area contributed by atoms with Gasteiger partial charge in [-0.1, -0.05) is 12.2 Å². The van der Waals surface area contributed by atoms with Gasteiger partial charge in [0.25, 0.3) is 0 Å². The summed E-state index contributed by atoms with van der Waals surface area (Å²) < 4.78 is 0. The summed E-state index contributed by atoms with van der Waals surface area (Å²) in [7, 11) is 3.90. The van der Waals surface area contributed by atoms with Gasteiger partial charge in [-0.05, 0) is 32.1 Å². The quantitative estimate of drug-likeness (QED) is 0.351. The molecule has 0 fully saturated rings. The Kier molecular flexibility index (Phi) is 8.24. The van der Waals surface area contributed by atoms with E-state index >= 15 is 0 Å². The molecule has 1 aromatic heterocycles. The van der Waals surface area contributed by atoms with Gasteiger partial charge in [0.1, 0.15) is 0 Å². The Labute approximate surface area is 148 Å². The van der Waals surface area contributed by atoms with Gasteiger partial charge >= 0.3 is 0 Å². The van der Waals surface area contributed by atoms with Crippen LogP contribution in [-0.2, 0) is 6.54 Å². The molecule has 4 nitrogen and oxygen atoms in total. The van der Waals surface area contributed by atoms with Crippen LogP contribution in [0.15, 0.2) is 22.5 Å². The molecule has 0 aliphatic heterocycles. The number of hydrogen-bond donors (Lipinski definition) is 1. The summed E-state index contributed by atoms with van der Waals surface area (Å²) in [5.41, 5.74) is 1.11. The molecule has 0 radical (unpaired) electrons. The summed E-state index contributed by atoms with van der Waals surface area (Å²) in [5, 5.41) is 6.72. The summed E-state index contributed by atoms with van der Waals surface area (Å²) in [6.45, 7) is 3.84. The van der Waals surface area contributed by atoms with E-state index in [-0.39, 0.29) is 24.0 Å². The van der Waals surface area contributed by atoms with E-state index in [0.717, 1.165) is 35.7 Å². The lowest BCUT2D eigenvalue weighted by Gasteiger charge is -2.24. The highest BCUT2D eigenvalue weighted by Crippen LogP contribution is 2.17. The number of nitrogens with one attached hydrogen (secondary N) is 1. The molecule has 1 aliphatic carbocycles. The van der Waals surface area contributed by atoms with Crippen molar-refractivity contribution in [3.8, 4) is 0 Å². The second-order valence-corrected chi connectivity index (χ2v) is 6.35. The maximum atomic E-state index is 4.50. The molecule has 1 atom stereocenters. The summed E-state index contributed by atoms with van der Waals surface area (Å²) in [5.74, 6) is 1.68. The third kappa shape index (κ3) is 5.94. The summed E-state index contributed by atoms with van der Waals surface area (Å²) >= 11 is 1.70. The maximum Gasteiger partial charge on any atom is 0.193 e. The summed E-state index contributed by atoms with van der Waals surface area (Å²) in [4.78, 5) is 11.0. The molecule has 118 valence electrons. The average Bonchev–Trinajstić information content (AvgIpc) is 2.86. The molecule has 1 unspecified atom stereocenters. The molecule has 21 heavy (non-hydrogen) atoms. The van der Waals surface area contributed by atoms with Crippen LogP contribution >= 0.6 is 35.3 Å². The molecule has 0 aromatic carbocycles. The van der Waals surface area contributed by atoms with Crippen LogP contribution < -0.4 is 5.32 Å². The standard InChI is InChI=1S/C15H24N4S.HI/c1-12-18-14(11-20-12)10-19(3)15(16-2)17-9-13-7-5-4-6-8-13;/h4-5,11,13H,6-10H2,1-3H3,(H,16,17);1H. The monoisotopic (exact) mass is 420 g/mol.